The van der Waals surface area contributed by atoms with E-state index < -0.39 is 0 Å². The van der Waals surface area contributed by atoms with Crippen LogP contribution in [-0.4, -0.2) is 33.4 Å². The van der Waals surface area contributed by atoms with Gasteiger partial charge in [0.2, 0.25) is 5.91 Å². The fraction of sp³-hybridized carbons (Fsp3) is 0.583. The second-order valence-corrected chi connectivity index (χ2v) is 5.63. The van der Waals surface area contributed by atoms with Gasteiger partial charge in [0.15, 0.2) is 0 Å². The van der Waals surface area contributed by atoms with Gasteiger partial charge in [0.05, 0.1) is 9.90 Å². The molecule has 0 aliphatic carbocycles. The zero-order valence-electron chi connectivity index (χ0n) is 10.1. The number of amides is 1. The molecule has 1 aliphatic rings. The van der Waals surface area contributed by atoms with Crippen LogP contribution in [0.2, 0.25) is 0 Å². The maximum absolute atomic E-state index is 12.1. The Kier molecular flexibility index (Phi) is 4.73. The van der Waals surface area contributed by atoms with Crippen molar-refractivity contribution in [3.8, 4) is 0 Å². The molecule has 1 fully saturated rings. The van der Waals surface area contributed by atoms with E-state index in [9.17, 15) is 9.59 Å². The van der Waals surface area contributed by atoms with E-state index in [1.165, 1.54) is 29.9 Å². The van der Waals surface area contributed by atoms with E-state index in [-0.39, 0.29) is 18.0 Å². The van der Waals surface area contributed by atoms with Crippen molar-refractivity contribution in [3.63, 3.8) is 0 Å². The molecule has 98 valence electrons. The van der Waals surface area contributed by atoms with Crippen LogP contribution in [0.4, 0.5) is 0 Å². The van der Waals surface area contributed by atoms with Gasteiger partial charge in [-0.1, -0.05) is 12.8 Å². The van der Waals surface area contributed by atoms with Crippen molar-refractivity contribution >= 4 is 28.5 Å². The highest BCUT2D eigenvalue weighted by atomic mass is 127. The predicted molar refractivity (Wildman–Crippen MR) is 76.3 cm³/mol. The standard InChI is InChI=1S/C12H16IN3O2/c13-10-7-14-9-16(12(10)18)8-11(17)15-5-3-1-2-4-6-15/h7,9H,1-6,8H2. The van der Waals surface area contributed by atoms with Gasteiger partial charge in [0.25, 0.3) is 5.56 Å². The topological polar surface area (TPSA) is 55.2 Å². The molecule has 0 spiro atoms. The first-order valence-electron chi connectivity index (χ1n) is 6.16. The lowest BCUT2D eigenvalue weighted by atomic mass is 10.2. The van der Waals surface area contributed by atoms with Gasteiger partial charge in [-0.15, -0.1) is 0 Å². The van der Waals surface area contributed by atoms with Crippen molar-refractivity contribution in [2.45, 2.75) is 32.2 Å². The van der Waals surface area contributed by atoms with Gasteiger partial charge < -0.3 is 4.90 Å². The summed E-state index contributed by atoms with van der Waals surface area (Å²) in [4.78, 5) is 29.7. The van der Waals surface area contributed by atoms with Crippen LogP contribution in [0.25, 0.3) is 0 Å². The molecule has 18 heavy (non-hydrogen) atoms. The highest BCUT2D eigenvalue weighted by Crippen LogP contribution is 2.10. The van der Waals surface area contributed by atoms with Crippen molar-refractivity contribution in [2.75, 3.05) is 13.1 Å². The van der Waals surface area contributed by atoms with Crippen molar-refractivity contribution in [1.29, 1.82) is 0 Å². The van der Waals surface area contributed by atoms with Gasteiger partial charge in [-0.25, -0.2) is 4.98 Å². The number of halogens is 1. The van der Waals surface area contributed by atoms with Crippen LogP contribution >= 0.6 is 22.6 Å². The van der Waals surface area contributed by atoms with Gasteiger partial charge in [0, 0.05) is 19.3 Å². The molecule has 0 atom stereocenters. The Morgan fingerprint density at radius 2 is 1.94 bits per heavy atom. The van der Waals surface area contributed by atoms with E-state index in [0.717, 1.165) is 25.9 Å². The van der Waals surface area contributed by atoms with Crippen LogP contribution in [0.5, 0.6) is 0 Å². The molecule has 2 heterocycles. The molecule has 1 aliphatic heterocycles. The summed E-state index contributed by atoms with van der Waals surface area (Å²) in [7, 11) is 0. The SMILES string of the molecule is O=C(Cn1cncc(I)c1=O)N1CCCCCC1. The Morgan fingerprint density at radius 3 is 2.61 bits per heavy atom. The van der Waals surface area contributed by atoms with Gasteiger partial charge in [-0.3, -0.25) is 14.2 Å². The third kappa shape index (κ3) is 3.30. The summed E-state index contributed by atoms with van der Waals surface area (Å²) in [6, 6.07) is 0. The van der Waals surface area contributed by atoms with Crippen LogP contribution in [0.1, 0.15) is 25.7 Å². The molecule has 0 unspecified atom stereocenters. The number of hydrogen-bond donors (Lipinski definition) is 0. The van der Waals surface area contributed by atoms with E-state index in [2.05, 4.69) is 4.98 Å². The zero-order valence-corrected chi connectivity index (χ0v) is 12.3. The second kappa shape index (κ2) is 6.31. The first-order valence-corrected chi connectivity index (χ1v) is 7.24. The fourth-order valence-corrected chi connectivity index (χ4v) is 2.57. The third-order valence-electron chi connectivity index (χ3n) is 3.12. The van der Waals surface area contributed by atoms with Crippen LogP contribution in [0.15, 0.2) is 17.3 Å². The van der Waals surface area contributed by atoms with E-state index in [1.54, 1.807) is 0 Å². The minimum Gasteiger partial charge on any atom is -0.341 e. The highest BCUT2D eigenvalue weighted by Gasteiger charge is 2.16. The van der Waals surface area contributed by atoms with Gasteiger partial charge in [-0.2, -0.15) is 0 Å². The molecule has 2 rings (SSSR count). The molecule has 1 aromatic heterocycles. The van der Waals surface area contributed by atoms with Gasteiger partial charge >= 0.3 is 0 Å². The van der Waals surface area contributed by atoms with Crippen LogP contribution in [0.3, 0.4) is 0 Å². The summed E-state index contributed by atoms with van der Waals surface area (Å²) in [6.07, 6.45) is 7.44. The molecule has 5 nitrogen and oxygen atoms in total. The van der Waals surface area contributed by atoms with Crippen molar-refractivity contribution in [1.82, 2.24) is 14.5 Å². The maximum atomic E-state index is 12.1. The summed E-state index contributed by atoms with van der Waals surface area (Å²) in [6.45, 7) is 1.72. The third-order valence-corrected chi connectivity index (χ3v) is 3.86. The Hall–Kier alpha value is -0.920. The molecule has 1 saturated heterocycles. The fourth-order valence-electron chi connectivity index (χ4n) is 2.10. The Morgan fingerprint density at radius 1 is 1.28 bits per heavy atom. The van der Waals surface area contributed by atoms with Crippen molar-refractivity contribution in [3.05, 3.63) is 26.4 Å². The maximum Gasteiger partial charge on any atom is 0.267 e. The van der Waals surface area contributed by atoms with Crippen LogP contribution in [-0.2, 0) is 11.3 Å². The number of nitrogens with zero attached hydrogens (tertiary/aromatic N) is 3. The molecule has 0 N–H and O–H groups in total. The average Bonchev–Trinajstić information content (AvgIpc) is 2.63. The van der Waals surface area contributed by atoms with Gasteiger partial charge in [0.1, 0.15) is 6.54 Å². The Balaban J connectivity index is 2.06. The lowest BCUT2D eigenvalue weighted by Gasteiger charge is -2.20. The predicted octanol–water partition coefficient (Wildman–Crippen LogP) is 1.25. The molecule has 6 heteroatoms. The van der Waals surface area contributed by atoms with E-state index >= 15 is 0 Å². The van der Waals surface area contributed by atoms with Gasteiger partial charge in [-0.05, 0) is 35.4 Å². The lowest BCUT2D eigenvalue weighted by molar-refractivity contribution is -0.131. The minimum atomic E-state index is -0.145. The summed E-state index contributed by atoms with van der Waals surface area (Å²) >= 11 is 1.94. The molecule has 0 bridgehead atoms. The van der Waals surface area contributed by atoms with E-state index in [0.29, 0.717) is 3.57 Å². The normalized spacial score (nSPS) is 16.4. The van der Waals surface area contributed by atoms with Crippen LogP contribution < -0.4 is 5.56 Å². The van der Waals surface area contributed by atoms with E-state index in [1.807, 2.05) is 27.5 Å². The second-order valence-electron chi connectivity index (χ2n) is 4.47. The smallest absolute Gasteiger partial charge is 0.267 e. The quantitative estimate of drug-likeness (QED) is 0.746. The first kappa shape index (κ1) is 13.5. The van der Waals surface area contributed by atoms with Crippen molar-refractivity contribution in [2.24, 2.45) is 0 Å². The highest BCUT2D eigenvalue weighted by molar-refractivity contribution is 14.1. The number of carbonyl (C=O) groups excluding carboxylic acids is 1. The van der Waals surface area contributed by atoms with E-state index in [4.69, 9.17) is 0 Å². The summed E-state index contributed by atoms with van der Waals surface area (Å²) < 4.78 is 1.92. The summed E-state index contributed by atoms with van der Waals surface area (Å²) in [5.74, 6) is 0.0165. The molecular formula is C12H16IN3O2. The molecule has 1 amide bonds. The molecule has 0 radical (unpaired) electrons. The summed E-state index contributed by atoms with van der Waals surface area (Å²) in [5, 5.41) is 0. The lowest BCUT2D eigenvalue weighted by Crippen LogP contribution is -2.37. The minimum absolute atomic E-state index is 0.0165. The number of aromatic nitrogens is 2. The summed E-state index contributed by atoms with van der Waals surface area (Å²) in [5.41, 5.74) is -0.145. The Bertz CT molecular complexity index is 478. The number of likely N-dealkylation sites (tertiary alicyclic amines) is 1. The number of carbonyl (C=O) groups is 1. The largest absolute Gasteiger partial charge is 0.341 e. The molecule has 0 aromatic carbocycles. The number of rotatable bonds is 2. The monoisotopic (exact) mass is 361 g/mol. The molecular weight excluding hydrogens is 345 g/mol. The molecule has 0 saturated carbocycles. The first-order chi connectivity index (χ1) is 8.68. The molecule has 1 aromatic rings. The Labute approximate surface area is 119 Å². The van der Waals surface area contributed by atoms with Crippen molar-refractivity contribution < 1.29 is 4.79 Å². The van der Waals surface area contributed by atoms with Crippen LogP contribution in [0, 0.1) is 3.57 Å². The average molecular weight is 361 g/mol. The zero-order chi connectivity index (χ0) is 13.0. The number of hydrogen-bond acceptors (Lipinski definition) is 3.